The number of nitro benzene ring substituents is 1. The van der Waals surface area contributed by atoms with Crippen LogP contribution in [0.3, 0.4) is 0 Å². The van der Waals surface area contributed by atoms with Crippen LogP contribution in [-0.4, -0.2) is 24.5 Å². The van der Waals surface area contributed by atoms with Crippen molar-refractivity contribution in [3.63, 3.8) is 0 Å². The van der Waals surface area contributed by atoms with Crippen LogP contribution in [0.4, 0.5) is 5.69 Å². The largest absolute Gasteiger partial charge is 0.281 e. The van der Waals surface area contributed by atoms with Crippen molar-refractivity contribution in [1.29, 1.82) is 0 Å². The van der Waals surface area contributed by atoms with Gasteiger partial charge < -0.3 is 0 Å². The van der Waals surface area contributed by atoms with E-state index in [4.69, 9.17) is 0 Å². The zero-order valence-corrected chi connectivity index (χ0v) is 10.4. The van der Waals surface area contributed by atoms with Crippen molar-refractivity contribution < 1.29 is 4.92 Å². The standard InChI is InChI=1S/C12H11N5O2/c1-15-7-9(5-13-15)8-3-11-10(6-14-16(11)2)12(4-8)17(18)19/h3-7H,1-2H3. The third-order valence-corrected chi connectivity index (χ3v) is 3.08. The number of hydrogen-bond acceptors (Lipinski definition) is 4. The van der Waals surface area contributed by atoms with Crippen molar-refractivity contribution in [1.82, 2.24) is 19.6 Å². The quantitative estimate of drug-likeness (QED) is 0.518. The molecule has 0 saturated carbocycles. The van der Waals surface area contributed by atoms with E-state index in [9.17, 15) is 10.1 Å². The fourth-order valence-corrected chi connectivity index (χ4v) is 2.12. The van der Waals surface area contributed by atoms with Crippen LogP contribution in [0.1, 0.15) is 0 Å². The topological polar surface area (TPSA) is 78.8 Å². The lowest BCUT2D eigenvalue weighted by molar-refractivity contribution is -0.383. The van der Waals surface area contributed by atoms with Gasteiger partial charge in [-0.15, -0.1) is 0 Å². The number of benzene rings is 1. The molecule has 0 saturated heterocycles. The second-order valence-corrected chi connectivity index (χ2v) is 4.36. The molecule has 0 bridgehead atoms. The van der Waals surface area contributed by atoms with E-state index in [2.05, 4.69) is 10.2 Å². The first kappa shape index (κ1) is 11.4. The van der Waals surface area contributed by atoms with Gasteiger partial charge in [0.25, 0.3) is 5.69 Å². The molecule has 0 N–H and O–H groups in total. The van der Waals surface area contributed by atoms with Gasteiger partial charge in [-0.05, 0) is 11.6 Å². The fourth-order valence-electron chi connectivity index (χ4n) is 2.12. The highest BCUT2D eigenvalue weighted by Gasteiger charge is 2.17. The summed E-state index contributed by atoms with van der Waals surface area (Å²) < 4.78 is 3.29. The van der Waals surface area contributed by atoms with Crippen molar-refractivity contribution in [3.8, 4) is 11.1 Å². The van der Waals surface area contributed by atoms with Crippen LogP contribution >= 0.6 is 0 Å². The molecule has 0 unspecified atom stereocenters. The molecule has 0 aliphatic carbocycles. The Hall–Kier alpha value is -2.70. The third-order valence-electron chi connectivity index (χ3n) is 3.08. The van der Waals surface area contributed by atoms with Gasteiger partial charge in [-0.2, -0.15) is 10.2 Å². The average Bonchev–Trinajstić information content (AvgIpc) is 2.95. The molecule has 0 amide bonds. The van der Waals surface area contributed by atoms with E-state index in [1.54, 1.807) is 35.7 Å². The number of rotatable bonds is 2. The molecule has 96 valence electrons. The van der Waals surface area contributed by atoms with E-state index in [1.807, 2.05) is 12.3 Å². The molecular formula is C12H11N5O2. The van der Waals surface area contributed by atoms with Crippen molar-refractivity contribution >= 4 is 16.6 Å². The molecule has 0 aliphatic heterocycles. The summed E-state index contributed by atoms with van der Waals surface area (Å²) in [7, 11) is 3.57. The molecule has 2 aromatic heterocycles. The summed E-state index contributed by atoms with van der Waals surface area (Å²) in [6.45, 7) is 0. The zero-order chi connectivity index (χ0) is 13.6. The first-order valence-electron chi connectivity index (χ1n) is 5.65. The normalized spacial score (nSPS) is 11.1. The second kappa shape index (κ2) is 3.91. The van der Waals surface area contributed by atoms with Crippen LogP contribution in [0.5, 0.6) is 0 Å². The van der Waals surface area contributed by atoms with E-state index in [0.29, 0.717) is 5.39 Å². The highest BCUT2D eigenvalue weighted by Crippen LogP contribution is 2.31. The van der Waals surface area contributed by atoms with Gasteiger partial charge in [-0.25, -0.2) is 0 Å². The lowest BCUT2D eigenvalue weighted by atomic mass is 10.1. The molecule has 0 fully saturated rings. The van der Waals surface area contributed by atoms with Gasteiger partial charge in [-0.1, -0.05) is 0 Å². The van der Waals surface area contributed by atoms with E-state index in [0.717, 1.165) is 16.6 Å². The van der Waals surface area contributed by atoms with Crippen LogP contribution in [-0.2, 0) is 14.1 Å². The van der Waals surface area contributed by atoms with E-state index in [1.165, 1.54) is 6.20 Å². The molecule has 3 rings (SSSR count). The molecule has 0 spiro atoms. The highest BCUT2D eigenvalue weighted by molar-refractivity contribution is 5.92. The summed E-state index contributed by atoms with van der Waals surface area (Å²) in [5, 5.41) is 19.9. The Morgan fingerprint density at radius 2 is 1.95 bits per heavy atom. The van der Waals surface area contributed by atoms with E-state index >= 15 is 0 Å². The Labute approximate surface area is 108 Å². The first-order chi connectivity index (χ1) is 9.06. The van der Waals surface area contributed by atoms with Crippen molar-refractivity contribution in [2.45, 2.75) is 0 Å². The van der Waals surface area contributed by atoms with E-state index in [-0.39, 0.29) is 10.6 Å². The Morgan fingerprint density at radius 1 is 1.16 bits per heavy atom. The van der Waals surface area contributed by atoms with Gasteiger partial charge in [0.05, 0.1) is 28.2 Å². The molecule has 0 aliphatic rings. The zero-order valence-electron chi connectivity index (χ0n) is 10.4. The molecule has 2 heterocycles. The van der Waals surface area contributed by atoms with Crippen LogP contribution in [0.15, 0.2) is 30.7 Å². The minimum atomic E-state index is -0.385. The Balaban J connectivity index is 2.32. The number of aryl methyl sites for hydroxylation is 2. The molecule has 0 atom stereocenters. The lowest BCUT2D eigenvalue weighted by Crippen LogP contribution is -1.92. The minimum Gasteiger partial charge on any atom is -0.275 e. The first-order valence-corrected chi connectivity index (χ1v) is 5.65. The lowest BCUT2D eigenvalue weighted by Gasteiger charge is -2.01. The molecule has 19 heavy (non-hydrogen) atoms. The molecule has 3 aromatic rings. The molecule has 0 radical (unpaired) electrons. The maximum atomic E-state index is 11.2. The maximum absolute atomic E-state index is 11.2. The Bertz CT molecular complexity index is 787. The number of hydrogen-bond donors (Lipinski definition) is 0. The maximum Gasteiger partial charge on any atom is 0.281 e. The van der Waals surface area contributed by atoms with E-state index < -0.39 is 0 Å². The second-order valence-electron chi connectivity index (χ2n) is 4.36. The van der Waals surface area contributed by atoms with Crippen LogP contribution < -0.4 is 0 Å². The number of nitrogens with zero attached hydrogens (tertiary/aromatic N) is 5. The number of nitro groups is 1. The van der Waals surface area contributed by atoms with Crippen LogP contribution in [0, 0.1) is 10.1 Å². The molecule has 7 nitrogen and oxygen atoms in total. The third kappa shape index (κ3) is 1.75. The minimum absolute atomic E-state index is 0.0597. The van der Waals surface area contributed by atoms with Crippen molar-refractivity contribution in [2.24, 2.45) is 14.1 Å². The number of aromatic nitrogens is 4. The van der Waals surface area contributed by atoms with Crippen LogP contribution in [0.25, 0.3) is 22.0 Å². The van der Waals surface area contributed by atoms with Gasteiger partial charge in [0.1, 0.15) is 0 Å². The summed E-state index contributed by atoms with van der Waals surface area (Å²) >= 11 is 0. The summed E-state index contributed by atoms with van der Waals surface area (Å²) in [5.41, 5.74) is 2.39. The summed E-state index contributed by atoms with van der Waals surface area (Å²) in [5.74, 6) is 0. The van der Waals surface area contributed by atoms with Gasteiger partial charge in [0.2, 0.25) is 0 Å². The van der Waals surface area contributed by atoms with Gasteiger partial charge in [0.15, 0.2) is 0 Å². The monoisotopic (exact) mass is 257 g/mol. The van der Waals surface area contributed by atoms with Crippen molar-refractivity contribution in [2.75, 3.05) is 0 Å². The highest BCUT2D eigenvalue weighted by atomic mass is 16.6. The predicted octanol–water partition coefficient (Wildman–Crippen LogP) is 1.88. The number of fused-ring (bicyclic) bond motifs is 1. The number of non-ortho nitro benzene ring substituents is 1. The Kier molecular flexibility index (Phi) is 2.34. The fraction of sp³-hybridized carbons (Fsp3) is 0.167. The van der Waals surface area contributed by atoms with Crippen molar-refractivity contribution in [3.05, 3.63) is 40.8 Å². The SMILES string of the molecule is Cn1cc(-c2cc([N+](=O)[O-])c3cnn(C)c3c2)cn1. The van der Waals surface area contributed by atoms with Gasteiger partial charge >= 0.3 is 0 Å². The molecule has 1 aromatic carbocycles. The molecular weight excluding hydrogens is 246 g/mol. The van der Waals surface area contributed by atoms with Crippen LogP contribution in [0.2, 0.25) is 0 Å². The van der Waals surface area contributed by atoms with Gasteiger partial charge in [0, 0.05) is 31.9 Å². The average molecular weight is 257 g/mol. The van der Waals surface area contributed by atoms with Gasteiger partial charge in [-0.3, -0.25) is 19.5 Å². The summed E-state index contributed by atoms with van der Waals surface area (Å²) in [6.07, 6.45) is 5.02. The Morgan fingerprint density at radius 3 is 2.58 bits per heavy atom. The summed E-state index contributed by atoms with van der Waals surface area (Å²) in [6, 6.07) is 3.44. The predicted molar refractivity (Wildman–Crippen MR) is 69.6 cm³/mol. The summed E-state index contributed by atoms with van der Waals surface area (Å²) in [4.78, 5) is 10.8. The smallest absolute Gasteiger partial charge is 0.275 e. The molecule has 7 heteroatoms.